The number of nitrogens with zero attached hydrogens (tertiary/aromatic N) is 1. The number of rotatable bonds is 6. The summed E-state index contributed by atoms with van der Waals surface area (Å²) >= 11 is 1.76. The van der Waals surface area contributed by atoms with Gasteiger partial charge in [-0.1, -0.05) is 6.07 Å². The zero-order chi connectivity index (χ0) is 16.2. The Morgan fingerprint density at radius 3 is 2.95 bits per heavy atom. The fraction of sp³-hybridized carbons (Fsp3) is 0.667. The summed E-state index contributed by atoms with van der Waals surface area (Å²) < 4.78 is 22.8. The molecule has 0 spiro atoms. The number of nitrogens with one attached hydrogen (secondary N) is 1. The quantitative estimate of drug-likeness (QED) is 0.849. The van der Waals surface area contributed by atoms with Gasteiger partial charge in [0.05, 0.1) is 0 Å². The van der Waals surface area contributed by atoms with E-state index in [0.29, 0.717) is 12.5 Å². The largest absolute Gasteiger partial charge is 0.355 e. The summed E-state index contributed by atoms with van der Waals surface area (Å²) in [6.45, 7) is 4.99. The van der Waals surface area contributed by atoms with Crippen LogP contribution in [0.4, 0.5) is 0 Å². The van der Waals surface area contributed by atoms with Gasteiger partial charge in [-0.3, -0.25) is 9.69 Å². The van der Waals surface area contributed by atoms with Gasteiger partial charge >= 0.3 is 0 Å². The molecule has 0 saturated carbocycles. The van der Waals surface area contributed by atoms with Crippen LogP contribution in [0.2, 0.25) is 0 Å². The molecule has 1 amide bonds. The van der Waals surface area contributed by atoms with Crippen molar-refractivity contribution in [3.63, 3.8) is 0 Å². The van der Waals surface area contributed by atoms with Gasteiger partial charge in [0, 0.05) is 30.8 Å². The Bertz CT molecular complexity index is 584. The molecule has 7 heteroatoms. The van der Waals surface area contributed by atoms with E-state index in [1.54, 1.807) is 11.3 Å². The first kappa shape index (κ1) is 17.4. The molecule has 22 heavy (non-hydrogen) atoms. The number of amides is 1. The number of likely N-dealkylation sites (tertiary alicyclic amines) is 1. The first-order valence-corrected chi connectivity index (χ1v) is 10.4. The molecule has 0 aromatic carbocycles. The maximum absolute atomic E-state index is 11.9. The second-order valence-electron chi connectivity index (χ2n) is 6.04. The lowest BCUT2D eigenvalue weighted by atomic mass is 9.98. The normalized spacial score (nSPS) is 21.5. The van der Waals surface area contributed by atoms with Crippen molar-refractivity contribution in [2.75, 3.05) is 25.9 Å². The first-order valence-electron chi connectivity index (χ1n) is 7.57. The fourth-order valence-corrected chi connectivity index (χ4v) is 3.89. The molecule has 124 valence electrons. The Balaban J connectivity index is 1.79. The molecule has 2 rings (SSSR count). The van der Waals surface area contributed by atoms with Crippen LogP contribution in [0.15, 0.2) is 17.5 Å². The molecule has 0 bridgehead atoms. The SMILES string of the molecule is C[C@H](C(=O)NC[C@@H]1CCCN(Cc2cccs2)C1)S(C)(=O)=O. The molecule has 1 aromatic rings. The number of carbonyl (C=O) groups excluding carboxylic acids is 1. The molecule has 1 aliphatic rings. The summed E-state index contributed by atoms with van der Waals surface area (Å²) in [5, 5.41) is 3.91. The van der Waals surface area contributed by atoms with Crippen LogP contribution in [0, 0.1) is 5.92 Å². The van der Waals surface area contributed by atoms with Crippen molar-refractivity contribution in [3.8, 4) is 0 Å². The number of thiophene rings is 1. The zero-order valence-corrected chi connectivity index (χ0v) is 14.8. The summed E-state index contributed by atoms with van der Waals surface area (Å²) in [4.78, 5) is 15.6. The van der Waals surface area contributed by atoms with Crippen LogP contribution in [0.5, 0.6) is 0 Å². The molecular weight excluding hydrogens is 320 g/mol. The Labute approximate surface area is 136 Å². The fourth-order valence-electron chi connectivity index (χ4n) is 2.67. The minimum Gasteiger partial charge on any atom is -0.355 e. The van der Waals surface area contributed by atoms with Crippen LogP contribution in [-0.2, 0) is 21.2 Å². The van der Waals surface area contributed by atoms with Crippen LogP contribution < -0.4 is 5.32 Å². The molecule has 1 N–H and O–H groups in total. The van der Waals surface area contributed by atoms with E-state index in [9.17, 15) is 13.2 Å². The molecule has 0 radical (unpaired) electrons. The van der Waals surface area contributed by atoms with Gasteiger partial charge < -0.3 is 5.32 Å². The second-order valence-corrected chi connectivity index (χ2v) is 9.44. The van der Waals surface area contributed by atoms with E-state index in [-0.39, 0.29) is 0 Å². The summed E-state index contributed by atoms with van der Waals surface area (Å²) in [6, 6.07) is 4.21. The third-order valence-corrected chi connectivity index (χ3v) is 6.50. The van der Waals surface area contributed by atoms with Gasteiger partial charge in [0.2, 0.25) is 5.91 Å². The summed E-state index contributed by atoms with van der Waals surface area (Å²) in [5.74, 6) is 0.00213. The summed E-state index contributed by atoms with van der Waals surface area (Å²) in [7, 11) is -3.32. The minimum atomic E-state index is -3.32. The molecule has 1 saturated heterocycles. The van der Waals surface area contributed by atoms with E-state index >= 15 is 0 Å². The zero-order valence-electron chi connectivity index (χ0n) is 13.1. The van der Waals surface area contributed by atoms with Crippen molar-refractivity contribution in [3.05, 3.63) is 22.4 Å². The molecule has 5 nitrogen and oxygen atoms in total. The lowest BCUT2D eigenvalue weighted by Crippen LogP contribution is -2.44. The van der Waals surface area contributed by atoms with Gasteiger partial charge in [0.25, 0.3) is 0 Å². The molecule has 0 aliphatic carbocycles. The smallest absolute Gasteiger partial charge is 0.238 e. The molecule has 0 unspecified atom stereocenters. The average molecular weight is 345 g/mol. The second kappa shape index (κ2) is 7.57. The predicted molar refractivity (Wildman–Crippen MR) is 89.6 cm³/mol. The molecule has 1 aromatic heterocycles. The van der Waals surface area contributed by atoms with Gasteiger partial charge in [-0.2, -0.15) is 0 Å². The first-order chi connectivity index (χ1) is 10.4. The van der Waals surface area contributed by atoms with Crippen molar-refractivity contribution >= 4 is 27.1 Å². The standard InChI is InChI=1S/C15H24N2O3S2/c1-12(22(2,19)20)15(18)16-9-13-5-3-7-17(10-13)11-14-6-4-8-21-14/h4,6,8,12-13H,3,5,7,9-11H2,1-2H3,(H,16,18)/t12-,13+/m1/s1. The summed E-state index contributed by atoms with van der Waals surface area (Å²) in [6.07, 6.45) is 3.29. The number of piperidine rings is 1. The lowest BCUT2D eigenvalue weighted by Gasteiger charge is -2.32. The van der Waals surface area contributed by atoms with Crippen molar-refractivity contribution in [2.45, 2.75) is 31.6 Å². The third kappa shape index (κ3) is 5.07. The van der Waals surface area contributed by atoms with Crippen molar-refractivity contribution in [1.82, 2.24) is 10.2 Å². The molecule has 2 heterocycles. The molecule has 2 atom stereocenters. The van der Waals surface area contributed by atoms with Gasteiger partial charge in [0.1, 0.15) is 5.25 Å². The Hall–Kier alpha value is -0.920. The van der Waals surface area contributed by atoms with Gasteiger partial charge in [0.15, 0.2) is 9.84 Å². The minimum absolute atomic E-state index is 0.391. The van der Waals surface area contributed by atoms with E-state index in [0.717, 1.165) is 38.7 Å². The highest BCUT2D eigenvalue weighted by Gasteiger charge is 2.25. The maximum Gasteiger partial charge on any atom is 0.238 e. The van der Waals surface area contributed by atoms with E-state index in [1.807, 2.05) is 0 Å². The molecular formula is C15H24N2O3S2. The Morgan fingerprint density at radius 1 is 1.55 bits per heavy atom. The van der Waals surface area contributed by atoms with Crippen molar-refractivity contribution in [2.24, 2.45) is 5.92 Å². The van der Waals surface area contributed by atoms with Crippen molar-refractivity contribution in [1.29, 1.82) is 0 Å². The predicted octanol–water partition coefficient (Wildman–Crippen LogP) is 1.51. The number of carbonyl (C=O) groups is 1. The lowest BCUT2D eigenvalue weighted by molar-refractivity contribution is -0.120. The van der Waals surface area contributed by atoms with E-state index in [2.05, 4.69) is 27.7 Å². The van der Waals surface area contributed by atoms with Gasteiger partial charge in [-0.25, -0.2) is 8.42 Å². The Kier molecular flexibility index (Phi) is 6.00. The van der Waals surface area contributed by atoms with E-state index in [1.165, 1.54) is 11.8 Å². The van der Waals surface area contributed by atoms with Crippen LogP contribution in [0.25, 0.3) is 0 Å². The van der Waals surface area contributed by atoms with Gasteiger partial charge in [-0.15, -0.1) is 11.3 Å². The van der Waals surface area contributed by atoms with E-state index in [4.69, 9.17) is 0 Å². The third-order valence-electron chi connectivity index (χ3n) is 4.14. The highest BCUT2D eigenvalue weighted by molar-refractivity contribution is 7.92. The summed E-state index contributed by atoms with van der Waals surface area (Å²) in [5.41, 5.74) is 0. The van der Waals surface area contributed by atoms with Crippen molar-refractivity contribution < 1.29 is 13.2 Å². The van der Waals surface area contributed by atoms with Crippen LogP contribution in [0.3, 0.4) is 0 Å². The monoisotopic (exact) mass is 344 g/mol. The number of hydrogen-bond acceptors (Lipinski definition) is 5. The maximum atomic E-state index is 11.9. The Morgan fingerprint density at radius 2 is 2.32 bits per heavy atom. The van der Waals surface area contributed by atoms with Gasteiger partial charge in [-0.05, 0) is 43.7 Å². The number of sulfone groups is 1. The average Bonchev–Trinajstić information content (AvgIpc) is 2.96. The molecule has 1 fully saturated rings. The highest BCUT2D eigenvalue weighted by atomic mass is 32.2. The van der Waals surface area contributed by atoms with Crippen LogP contribution >= 0.6 is 11.3 Å². The van der Waals surface area contributed by atoms with Crippen LogP contribution in [-0.4, -0.2) is 50.4 Å². The van der Waals surface area contributed by atoms with E-state index < -0.39 is 21.0 Å². The highest BCUT2D eigenvalue weighted by Crippen LogP contribution is 2.20. The van der Waals surface area contributed by atoms with Crippen LogP contribution in [0.1, 0.15) is 24.6 Å². The topological polar surface area (TPSA) is 66.5 Å². The molecule has 1 aliphatic heterocycles. The number of hydrogen-bond donors (Lipinski definition) is 1.